The van der Waals surface area contributed by atoms with Gasteiger partial charge in [0, 0.05) is 17.8 Å². The van der Waals surface area contributed by atoms with Crippen LogP contribution in [0.4, 0.5) is 0 Å². The molecule has 3 heterocycles. The zero-order valence-electron chi connectivity index (χ0n) is 22.5. The molecule has 1 aromatic carbocycles. The van der Waals surface area contributed by atoms with Crippen LogP contribution in [-0.4, -0.2) is 74.5 Å². The number of hydrogen-bond acceptors (Lipinski definition) is 6. The molecule has 206 valence electrons. The number of benzene rings is 1. The number of aliphatic hydroxyl groups is 1. The SMILES string of the molecule is C=CCCCCOC(=O)[C@@H]1[C@@H]2CCC3(S2)C(C(=O)N(CC=C)C(C)C)N([C@H](CO)c2ccccc2)C(=O)[C@H]13. The zero-order chi connectivity index (χ0) is 27.4. The molecule has 3 saturated heterocycles. The maximum atomic E-state index is 14.3. The number of amides is 2. The lowest BCUT2D eigenvalue weighted by Crippen LogP contribution is -2.57. The Labute approximate surface area is 230 Å². The summed E-state index contributed by atoms with van der Waals surface area (Å²) in [6, 6.07) is 7.75. The Kier molecular flexibility index (Phi) is 9.04. The number of allylic oxidation sites excluding steroid dienone is 1. The first-order valence-corrected chi connectivity index (χ1v) is 14.5. The van der Waals surface area contributed by atoms with Crippen molar-refractivity contribution >= 4 is 29.5 Å². The second-order valence-electron chi connectivity index (χ2n) is 10.7. The topological polar surface area (TPSA) is 87.2 Å². The summed E-state index contributed by atoms with van der Waals surface area (Å²) in [5, 5.41) is 10.5. The molecule has 4 rings (SSSR count). The van der Waals surface area contributed by atoms with Gasteiger partial charge in [-0.1, -0.05) is 42.5 Å². The number of ether oxygens (including phenoxy) is 1. The predicted octanol–water partition coefficient (Wildman–Crippen LogP) is 4.13. The fourth-order valence-electron chi connectivity index (χ4n) is 6.51. The highest BCUT2D eigenvalue weighted by Gasteiger charge is 2.75. The molecule has 3 fully saturated rings. The van der Waals surface area contributed by atoms with Crippen LogP contribution in [0.5, 0.6) is 0 Å². The van der Waals surface area contributed by atoms with Crippen molar-refractivity contribution in [1.29, 1.82) is 0 Å². The van der Waals surface area contributed by atoms with Gasteiger partial charge in [0.25, 0.3) is 0 Å². The third-order valence-corrected chi connectivity index (χ3v) is 10.2. The van der Waals surface area contributed by atoms with Gasteiger partial charge in [-0.2, -0.15) is 0 Å². The Morgan fingerprint density at radius 1 is 1.24 bits per heavy atom. The van der Waals surface area contributed by atoms with Crippen LogP contribution in [0.25, 0.3) is 0 Å². The van der Waals surface area contributed by atoms with Crippen molar-refractivity contribution in [2.45, 2.75) is 74.1 Å². The van der Waals surface area contributed by atoms with Crippen LogP contribution in [0.1, 0.15) is 57.6 Å². The van der Waals surface area contributed by atoms with Gasteiger partial charge in [-0.3, -0.25) is 14.4 Å². The highest BCUT2D eigenvalue weighted by Crippen LogP contribution is 2.67. The first-order chi connectivity index (χ1) is 18.3. The van der Waals surface area contributed by atoms with E-state index in [-0.39, 0.29) is 35.7 Å². The average molecular weight is 541 g/mol. The molecule has 8 heteroatoms. The van der Waals surface area contributed by atoms with Crippen molar-refractivity contribution in [3.05, 3.63) is 61.2 Å². The molecule has 0 saturated carbocycles. The molecule has 2 amide bonds. The standard InChI is InChI=1S/C30H40N2O5S/c1-5-7-8-12-18-37-29(36)24-23-15-16-30(38-23)25(24)27(34)32(22(19-33)21-13-10-9-11-14-21)26(30)28(35)31(17-6-2)20(3)4/h5-6,9-11,13-14,20,22-26,33H,1-2,7-8,12,15-19H2,3-4H3/t22-,23+,24-,25+,26?,30?/m1/s1. The van der Waals surface area contributed by atoms with Gasteiger partial charge >= 0.3 is 5.97 Å². The lowest BCUT2D eigenvalue weighted by molar-refractivity contribution is -0.154. The second-order valence-corrected chi connectivity index (χ2v) is 12.3. The lowest BCUT2D eigenvalue weighted by atomic mass is 9.71. The number of rotatable bonds is 13. The van der Waals surface area contributed by atoms with E-state index in [4.69, 9.17) is 4.74 Å². The summed E-state index contributed by atoms with van der Waals surface area (Å²) in [5.41, 5.74) is 0.762. The molecular formula is C30H40N2O5S. The number of hydrogen-bond donors (Lipinski definition) is 1. The number of unbranched alkanes of at least 4 members (excludes halogenated alkanes) is 2. The first kappa shape index (κ1) is 28.4. The predicted molar refractivity (Wildman–Crippen MR) is 149 cm³/mol. The van der Waals surface area contributed by atoms with Crippen LogP contribution in [-0.2, 0) is 19.1 Å². The minimum Gasteiger partial charge on any atom is -0.465 e. The molecule has 2 bridgehead atoms. The zero-order valence-corrected chi connectivity index (χ0v) is 23.3. The van der Waals surface area contributed by atoms with E-state index in [1.165, 1.54) is 0 Å². The Morgan fingerprint density at radius 3 is 2.61 bits per heavy atom. The van der Waals surface area contributed by atoms with Gasteiger partial charge < -0.3 is 19.6 Å². The van der Waals surface area contributed by atoms with Crippen LogP contribution < -0.4 is 0 Å². The first-order valence-electron chi connectivity index (χ1n) is 13.7. The summed E-state index contributed by atoms with van der Waals surface area (Å²) in [6.45, 7) is 11.8. The van der Waals surface area contributed by atoms with E-state index < -0.39 is 28.7 Å². The minimum atomic E-state index is -0.792. The van der Waals surface area contributed by atoms with Crippen LogP contribution in [0.2, 0.25) is 0 Å². The van der Waals surface area contributed by atoms with E-state index in [2.05, 4.69) is 13.2 Å². The molecule has 3 aliphatic heterocycles. The number of esters is 1. The number of nitrogens with zero attached hydrogens (tertiary/aromatic N) is 2. The van der Waals surface area contributed by atoms with Gasteiger partial charge in [0.1, 0.15) is 6.04 Å². The molecular weight excluding hydrogens is 500 g/mol. The Hall–Kier alpha value is -2.58. The molecule has 0 radical (unpaired) electrons. The highest BCUT2D eigenvalue weighted by atomic mass is 32.2. The number of carbonyl (C=O) groups excluding carboxylic acids is 3. The third-order valence-electron chi connectivity index (χ3n) is 8.22. The number of aliphatic hydroxyl groups excluding tert-OH is 1. The van der Waals surface area contributed by atoms with Gasteiger partial charge in [0.15, 0.2) is 0 Å². The molecule has 6 atom stereocenters. The van der Waals surface area contributed by atoms with E-state index >= 15 is 0 Å². The van der Waals surface area contributed by atoms with Crippen molar-refractivity contribution < 1.29 is 24.2 Å². The van der Waals surface area contributed by atoms with Crippen molar-refractivity contribution in [3.63, 3.8) is 0 Å². The molecule has 3 aliphatic rings. The Morgan fingerprint density at radius 2 is 1.97 bits per heavy atom. The quantitative estimate of drug-likeness (QED) is 0.230. The molecule has 1 spiro atoms. The molecule has 0 aromatic heterocycles. The number of thioether (sulfide) groups is 1. The molecule has 38 heavy (non-hydrogen) atoms. The second kappa shape index (κ2) is 12.1. The number of fused-ring (bicyclic) bond motifs is 1. The molecule has 7 nitrogen and oxygen atoms in total. The summed E-state index contributed by atoms with van der Waals surface area (Å²) in [4.78, 5) is 45.4. The highest BCUT2D eigenvalue weighted by molar-refractivity contribution is 8.02. The normalized spacial score (nSPS) is 28.3. The van der Waals surface area contributed by atoms with E-state index in [1.54, 1.807) is 27.6 Å². The van der Waals surface area contributed by atoms with Gasteiger partial charge in [-0.25, -0.2) is 0 Å². The molecule has 1 aromatic rings. The Bertz CT molecular complexity index is 1050. The van der Waals surface area contributed by atoms with E-state index in [1.807, 2.05) is 50.3 Å². The maximum absolute atomic E-state index is 14.3. The largest absolute Gasteiger partial charge is 0.465 e. The maximum Gasteiger partial charge on any atom is 0.310 e. The number of carbonyl (C=O) groups is 3. The van der Waals surface area contributed by atoms with Gasteiger partial charge in [0.2, 0.25) is 11.8 Å². The van der Waals surface area contributed by atoms with E-state index in [0.29, 0.717) is 19.6 Å². The number of likely N-dealkylation sites (tertiary alicyclic amines) is 1. The van der Waals surface area contributed by atoms with E-state index in [0.717, 1.165) is 31.2 Å². The third kappa shape index (κ3) is 4.93. The van der Waals surface area contributed by atoms with Crippen molar-refractivity contribution in [3.8, 4) is 0 Å². The van der Waals surface area contributed by atoms with Crippen LogP contribution in [0.15, 0.2) is 55.6 Å². The summed E-state index contributed by atoms with van der Waals surface area (Å²) in [6.07, 6.45) is 7.45. The van der Waals surface area contributed by atoms with Crippen LogP contribution in [0.3, 0.4) is 0 Å². The van der Waals surface area contributed by atoms with Crippen LogP contribution >= 0.6 is 11.8 Å². The lowest BCUT2D eigenvalue weighted by Gasteiger charge is -2.40. The van der Waals surface area contributed by atoms with Gasteiger partial charge in [-0.05, 0) is 51.5 Å². The molecule has 1 N–H and O–H groups in total. The van der Waals surface area contributed by atoms with Crippen molar-refractivity contribution in [2.75, 3.05) is 19.8 Å². The van der Waals surface area contributed by atoms with Crippen LogP contribution in [0, 0.1) is 11.8 Å². The van der Waals surface area contributed by atoms with Crippen molar-refractivity contribution in [1.82, 2.24) is 9.80 Å². The summed E-state index contributed by atoms with van der Waals surface area (Å²) in [5.74, 6) is -1.99. The molecule has 0 aliphatic carbocycles. The smallest absolute Gasteiger partial charge is 0.310 e. The monoisotopic (exact) mass is 540 g/mol. The van der Waals surface area contributed by atoms with E-state index in [9.17, 15) is 19.5 Å². The summed E-state index contributed by atoms with van der Waals surface area (Å²) in [7, 11) is 0. The van der Waals surface area contributed by atoms with Crippen molar-refractivity contribution in [2.24, 2.45) is 11.8 Å². The van der Waals surface area contributed by atoms with Gasteiger partial charge in [0.05, 0.1) is 35.8 Å². The van der Waals surface area contributed by atoms with Gasteiger partial charge in [-0.15, -0.1) is 24.9 Å². The molecule has 2 unspecified atom stereocenters. The average Bonchev–Trinajstić information content (AvgIpc) is 3.55. The Balaban J connectivity index is 1.72. The minimum absolute atomic E-state index is 0.0571. The fraction of sp³-hybridized carbons (Fsp3) is 0.567. The summed E-state index contributed by atoms with van der Waals surface area (Å²) >= 11 is 1.62. The summed E-state index contributed by atoms with van der Waals surface area (Å²) < 4.78 is 4.96. The fourth-order valence-corrected chi connectivity index (χ4v) is 8.70.